The molecule has 486 valence electrons. The van der Waals surface area contributed by atoms with Crippen molar-refractivity contribution in [3.8, 4) is 22.5 Å². The zero-order chi connectivity index (χ0) is 68.8. The molecule has 0 N–H and O–H groups in total. The van der Waals surface area contributed by atoms with Crippen LogP contribution in [-0.4, -0.2) is 92.7 Å². The third-order valence-electron chi connectivity index (χ3n) is 14.4. The molecule has 0 unspecified atom stereocenters. The van der Waals surface area contributed by atoms with Crippen LogP contribution in [0.2, 0.25) is 0 Å². The first kappa shape index (κ1) is 81.2. The van der Waals surface area contributed by atoms with E-state index in [0.717, 1.165) is 57.9 Å². The van der Waals surface area contributed by atoms with Gasteiger partial charge in [0.1, 0.15) is 62.7 Å². The molecule has 0 saturated carbocycles. The average Bonchev–Trinajstić information content (AvgIpc) is 1.70. The molecule has 14 nitrogen and oxygen atoms in total. The third kappa shape index (κ3) is 20.1. The monoisotopic (exact) mass is 1220 g/mol. The van der Waals surface area contributed by atoms with Gasteiger partial charge in [0.15, 0.2) is 36.5 Å². The number of benzene rings is 2. The van der Waals surface area contributed by atoms with Crippen LogP contribution >= 0.6 is 0 Å². The van der Waals surface area contributed by atoms with Crippen LogP contribution in [0.5, 0.6) is 0 Å². The summed E-state index contributed by atoms with van der Waals surface area (Å²) in [6, 6.07) is 25.5. The Morgan fingerprint density at radius 2 is 0.989 bits per heavy atom. The van der Waals surface area contributed by atoms with E-state index >= 15 is 0 Å². The first-order valence-electron chi connectivity index (χ1n) is 32.5. The summed E-state index contributed by atoms with van der Waals surface area (Å²) >= 11 is 0. The lowest BCUT2D eigenvalue weighted by Crippen LogP contribution is -2.38. The van der Waals surface area contributed by atoms with E-state index in [1.807, 2.05) is 187 Å². The largest absolute Gasteiger partial charge is 0.350 e. The number of aryl methyl sites for hydroxylation is 2. The molecule has 6 aromatic rings. The number of pyridine rings is 2. The Bertz CT molecular complexity index is 3200. The number of aromatic nitrogens is 6. The van der Waals surface area contributed by atoms with Gasteiger partial charge in [0.25, 0.3) is 5.84 Å². The number of hydrogen-bond donors (Lipinski definition) is 0. The van der Waals surface area contributed by atoms with E-state index in [0.29, 0.717) is 0 Å². The average molecular weight is 1230 g/mol. The molecule has 10 rings (SSSR count). The zero-order valence-electron chi connectivity index (χ0n) is 60.5. The highest BCUT2D eigenvalue weighted by Crippen LogP contribution is 2.41. The summed E-state index contributed by atoms with van der Waals surface area (Å²) in [6.45, 7) is 61.1. The van der Waals surface area contributed by atoms with Crippen molar-refractivity contribution in [2.24, 2.45) is 24.1 Å². The number of rotatable bonds is 10. The molecular weight excluding hydrogens is 1110 g/mol. The van der Waals surface area contributed by atoms with Crippen molar-refractivity contribution in [2.45, 2.75) is 171 Å². The van der Waals surface area contributed by atoms with Crippen molar-refractivity contribution in [1.82, 2.24) is 19.9 Å². The molecule has 0 fully saturated rings. The summed E-state index contributed by atoms with van der Waals surface area (Å²) in [7, 11) is 8.24. The fourth-order valence-corrected chi connectivity index (χ4v) is 9.79. The second-order valence-corrected chi connectivity index (χ2v) is 18.9. The van der Waals surface area contributed by atoms with Crippen LogP contribution in [0, 0.1) is 13.8 Å². The van der Waals surface area contributed by atoms with Crippen LogP contribution in [0.15, 0.2) is 193 Å². The van der Waals surface area contributed by atoms with E-state index in [4.69, 9.17) is 0 Å². The van der Waals surface area contributed by atoms with Crippen LogP contribution in [-0.2, 0) is 14.1 Å². The van der Waals surface area contributed by atoms with Gasteiger partial charge < -0.3 is 19.6 Å². The second kappa shape index (κ2) is 43.8. The number of allylic oxidation sites excluding steroid dienone is 6. The third-order valence-corrected chi connectivity index (χ3v) is 14.4. The summed E-state index contributed by atoms with van der Waals surface area (Å²) in [5.74, 6) is 2.90. The van der Waals surface area contributed by atoms with Crippen molar-refractivity contribution >= 4 is 58.9 Å². The number of hydrogen-bond acceptors (Lipinski definition) is 10. The first-order chi connectivity index (χ1) is 43.6. The van der Waals surface area contributed by atoms with Crippen molar-refractivity contribution in [1.29, 1.82) is 0 Å². The van der Waals surface area contributed by atoms with E-state index in [1.165, 1.54) is 45.0 Å². The normalized spacial score (nSPS) is 15.2. The lowest BCUT2D eigenvalue weighted by Gasteiger charge is -2.28. The van der Waals surface area contributed by atoms with Gasteiger partial charge in [-0.05, 0) is 101 Å². The minimum Gasteiger partial charge on any atom is -0.350 e. The molecule has 14 heteroatoms. The van der Waals surface area contributed by atoms with Gasteiger partial charge in [0.2, 0.25) is 23.2 Å². The Hall–Kier alpha value is -8.78. The Labute approximate surface area is 546 Å². The number of anilines is 4. The molecule has 2 aromatic carbocycles. The summed E-state index contributed by atoms with van der Waals surface area (Å²) in [5.41, 5.74) is 16.3. The molecule has 4 aliphatic heterocycles. The van der Waals surface area contributed by atoms with Crippen molar-refractivity contribution < 1.29 is 18.3 Å². The maximum Gasteiger partial charge on any atom is 0.295 e. The van der Waals surface area contributed by atoms with Crippen molar-refractivity contribution in [3.05, 3.63) is 195 Å². The van der Waals surface area contributed by atoms with Crippen LogP contribution in [0.4, 0.5) is 34.4 Å². The summed E-state index contributed by atoms with van der Waals surface area (Å²) < 4.78 is 8.76. The van der Waals surface area contributed by atoms with Crippen LogP contribution in [0.1, 0.15) is 150 Å². The summed E-state index contributed by atoms with van der Waals surface area (Å²) in [6.07, 6.45) is 24.8. The van der Waals surface area contributed by atoms with Gasteiger partial charge in [-0.1, -0.05) is 153 Å². The Morgan fingerprint density at radius 3 is 1.43 bits per heavy atom. The van der Waals surface area contributed by atoms with Crippen LogP contribution in [0.25, 0.3) is 22.5 Å². The number of amidine groups is 1. The molecule has 0 amide bonds. The molecule has 4 aliphatic rings. The number of nitrogens with zero attached hydrogens (tertiary/aromatic N) is 14. The molecule has 90 heavy (non-hydrogen) atoms. The van der Waals surface area contributed by atoms with Gasteiger partial charge >= 0.3 is 0 Å². The zero-order valence-corrected chi connectivity index (χ0v) is 60.5. The van der Waals surface area contributed by atoms with Gasteiger partial charge in [-0.15, -0.1) is 0 Å². The van der Waals surface area contributed by atoms with Gasteiger partial charge in [-0.25, -0.2) is 38.6 Å². The van der Waals surface area contributed by atoms with Gasteiger partial charge in [0, 0.05) is 80.8 Å². The minimum absolute atomic E-state index is 0.175. The number of aliphatic imine (C=N–C) groups is 2. The molecule has 8 heterocycles. The topological polar surface area (TPSA) is 103 Å². The molecule has 0 aliphatic carbocycles. The standard InChI is InChI=1S/C19H20N2.C15H18N4.2C14H18N4.7C2H6/c1-15-16(18-11-4-6-13-20(18)2)9-8-10-17(15)19-12-5-7-14-21(19)3;1-11-14(18-9-7-16-12(18)2)5-4-6-15(11)19-10-8-17-13(19)3;1-6-10(3)12(7-2)18-11(4)17(5)14-13(18)8-15-9-16-14;1-6-10(3)12(7-2)18-11(4)17(5)13-8-15-9-16-14(13)18;7*1-2/h4-14H,1-3H3;4-9,12H,10H2,1-3H3;2*6-9,11H,1-2H2,3-5H3;7*1-2H3/q2*+2;;;;;;;;;/b;;2*12-10+;;;;;;;/t;12-;2*11-;;;;;;;/m.100......./s1. The highest BCUT2D eigenvalue weighted by molar-refractivity contribution is 6.14. The lowest BCUT2D eigenvalue weighted by molar-refractivity contribution is -0.660. The molecule has 4 aromatic heterocycles. The van der Waals surface area contributed by atoms with E-state index in [-0.39, 0.29) is 18.5 Å². The second-order valence-electron chi connectivity index (χ2n) is 18.9. The van der Waals surface area contributed by atoms with Crippen molar-refractivity contribution in [2.75, 3.05) is 40.2 Å². The van der Waals surface area contributed by atoms with Gasteiger partial charge in [-0.3, -0.25) is 0 Å². The molecule has 0 bridgehead atoms. The first-order valence-corrected chi connectivity index (χ1v) is 32.5. The molecule has 0 radical (unpaired) electrons. The quantitative estimate of drug-likeness (QED) is 0.0987. The SMILES string of the molecule is C=C/C(C)=C(\C=C)N1c2cncnc2N(C)[C@@H]1C.C=C/C(C)=C(\C=C)N1c2ncncc2N(C)[C@@H]1C.CC.CC.CC.CC.CC.CC.CC.CC1=[N+](c2cccc([N+]3=CC=N[C@H]3C)c2C)CC=N1.Cc1c(-c2cccc[n+]2C)cccc1-c1cccc[n+]1C. The van der Waals surface area contributed by atoms with Crippen molar-refractivity contribution in [3.63, 3.8) is 0 Å². The minimum atomic E-state index is 0.175. The van der Waals surface area contributed by atoms with Crippen LogP contribution < -0.4 is 28.7 Å². The number of fused-ring (bicyclic) bond motifs is 2. The molecular formula is C76H116N14+4. The molecule has 0 saturated heterocycles. The smallest absolute Gasteiger partial charge is 0.295 e. The maximum atomic E-state index is 4.38. The fraction of sp³-hybridized carbons (Fsp3) is 0.395. The Kier molecular flexibility index (Phi) is 39.5. The Morgan fingerprint density at radius 1 is 0.533 bits per heavy atom. The van der Waals surface area contributed by atoms with E-state index in [2.05, 4.69) is 228 Å². The predicted molar refractivity (Wildman–Crippen MR) is 394 cm³/mol. The molecule has 3 atom stereocenters. The predicted octanol–water partition coefficient (Wildman–Crippen LogP) is 17.9. The summed E-state index contributed by atoms with van der Waals surface area (Å²) in [5, 5.41) is 0. The molecule has 0 spiro atoms. The fourth-order valence-electron chi connectivity index (χ4n) is 9.79. The van der Waals surface area contributed by atoms with Gasteiger partial charge in [-0.2, -0.15) is 4.58 Å². The van der Waals surface area contributed by atoms with E-state index < -0.39 is 0 Å². The van der Waals surface area contributed by atoms with Gasteiger partial charge in [0.05, 0.1) is 24.2 Å². The van der Waals surface area contributed by atoms with E-state index in [9.17, 15) is 0 Å². The lowest BCUT2D eigenvalue weighted by atomic mass is 9.97. The van der Waals surface area contributed by atoms with Crippen LogP contribution in [0.3, 0.4) is 0 Å². The maximum absolute atomic E-state index is 4.38. The Balaban J connectivity index is 0.00000110. The highest BCUT2D eigenvalue weighted by atomic mass is 15.4. The summed E-state index contributed by atoms with van der Waals surface area (Å²) in [4.78, 5) is 34.2. The highest BCUT2D eigenvalue weighted by Gasteiger charge is 2.35. The van der Waals surface area contributed by atoms with E-state index in [1.54, 1.807) is 12.7 Å².